The van der Waals surface area contributed by atoms with E-state index in [9.17, 15) is 9.90 Å². The zero-order valence-corrected chi connectivity index (χ0v) is 22.8. The first kappa shape index (κ1) is 27.5. The number of nitrogens with zero attached hydrogens (tertiary/aromatic N) is 4. The Bertz CT molecular complexity index is 1420. The largest absolute Gasteiger partial charge is 0.491 e. The molecule has 210 valence electrons. The van der Waals surface area contributed by atoms with E-state index < -0.39 is 12.2 Å². The van der Waals surface area contributed by atoms with E-state index >= 15 is 0 Å². The highest BCUT2D eigenvalue weighted by molar-refractivity contribution is 5.93. The van der Waals surface area contributed by atoms with Crippen molar-refractivity contribution in [3.8, 4) is 17.1 Å². The molecule has 1 saturated heterocycles. The molecule has 2 aromatic heterocycles. The van der Waals surface area contributed by atoms with Gasteiger partial charge in [0.2, 0.25) is 0 Å². The fraction of sp³-hybridized carbons (Fsp3) is 0.400. The Hall–Kier alpha value is -4.02. The van der Waals surface area contributed by atoms with Gasteiger partial charge >= 0.3 is 6.09 Å². The van der Waals surface area contributed by atoms with Gasteiger partial charge in [-0.15, -0.1) is 0 Å². The van der Waals surface area contributed by atoms with Crippen LogP contribution < -0.4 is 10.1 Å². The number of benzene rings is 2. The second kappa shape index (κ2) is 12.9. The second-order valence-corrected chi connectivity index (χ2v) is 10.0. The van der Waals surface area contributed by atoms with Crippen LogP contribution in [-0.4, -0.2) is 50.2 Å². The number of carbonyl (C=O) groups is 1. The van der Waals surface area contributed by atoms with Crippen molar-refractivity contribution in [3.05, 3.63) is 72.2 Å². The van der Waals surface area contributed by atoms with Crippen molar-refractivity contribution in [2.45, 2.75) is 64.6 Å². The number of ether oxygens (including phenoxy) is 3. The molecule has 0 bridgehead atoms. The molecule has 2 aromatic carbocycles. The Kier molecular flexibility index (Phi) is 8.87. The number of alkyl carbamates (subject to hydrolysis) is 1. The van der Waals surface area contributed by atoms with Gasteiger partial charge in [-0.05, 0) is 56.9 Å². The van der Waals surface area contributed by atoms with E-state index in [0.29, 0.717) is 42.4 Å². The summed E-state index contributed by atoms with van der Waals surface area (Å²) in [5, 5.41) is 18.6. The van der Waals surface area contributed by atoms with Crippen LogP contribution in [-0.2, 0) is 16.1 Å². The van der Waals surface area contributed by atoms with E-state index in [1.807, 2.05) is 60.1 Å². The first-order chi connectivity index (χ1) is 19.5. The summed E-state index contributed by atoms with van der Waals surface area (Å²) in [5.74, 6) is 0.677. The van der Waals surface area contributed by atoms with Gasteiger partial charge in [-0.3, -0.25) is 4.98 Å². The van der Waals surface area contributed by atoms with Crippen LogP contribution in [0.4, 0.5) is 4.79 Å². The van der Waals surface area contributed by atoms with E-state index in [0.717, 1.165) is 35.7 Å². The molecule has 0 radical (unpaired) electrons. The van der Waals surface area contributed by atoms with Crippen LogP contribution in [0.15, 0.2) is 60.9 Å². The quantitative estimate of drug-likeness (QED) is 0.274. The lowest BCUT2D eigenvalue weighted by atomic mass is 10.1. The van der Waals surface area contributed by atoms with Gasteiger partial charge < -0.3 is 24.6 Å². The van der Waals surface area contributed by atoms with E-state index in [1.165, 1.54) is 0 Å². The van der Waals surface area contributed by atoms with Crippen molar-refractivity contribution in [1.29, 1.82) is 0 Å². The molecule has 0 aliphatic carbocycles. The lowest BCUT2D eigenvalue weighted by Gasteiger charge is -2.23. The van der Waals surface area contributed by atoms with Crippen molar-refractivity contribution < 1.29 is 24.1 Å². The van der Waals surface area contributed by atoms with Gasteiger partial charge in [-0.25, -0.2) is 14.5 Å². The van der Waals surface area contributed by atoms with Crippen molar-refractivity contribution in [2.75, 3.05) is 13.2 Å². The van der Waals surface area contributed by atoms with Crippen molar-refractivity contribution in [1.82, 2.24) is 25.1 Å². The minimum absolute atomic E-state index is 0.156. The number of aliphatic hydroxyl groups is 1. The molecule has 1 aliphatic rings. The molecule has 3 heterocycles. The highest BCUT2D eigenvalue weighted by Crippen LogP contribution is 2.34. The number of amides is 1. The molecule has 10 heteroatoms. The number of hydrogen-bond acceptors (Lipinski definition) is 8. The van der Waals surface area contributed by atoms with Gasteiger partial charge in [0, 0.05) is 25.0 Å². The summed E-state index contributed by atoms with van der Waals surface area (Å²) in [5.41, 5.74) is 3.55. The molecule has 2 N–H and O–H groups in total. The normalized spacial score (nSPS) is 16.8. The Balaban J connectivity index is 1.28. The highest BCUT2D eigenvalue weighted by Gasteiger charge is 2.23. The number of carbonyl (C=O) groups excluding carboxylic acids is 1. The lowest BCUT2D eigenvalue weighted by molar-refractivity contribution is -0.0365. The van der Waals surface area contributed by atoms with Crippen molar-refractivity contribution >= 4 is 17.0 Å². The molecule has 3 atom stereocenters. The third-order valence-corrected chi connectivity index (χ3v) is 6.80. The zero-order valence-electron chi connectivity index (χ0n) is 22.8. The van der Waals surface area contributed by atoms with Gasteiger partial charge in [0.05, 0.1) is 35.8 Å². The average molecular weight is 546 g/mol. The minimum atomic E-state index is -0.744. The molecule has 5 rings (SSSR count). The van der Waals surface area contributed by atoms with E-state index in [1.54, 1.807) is 19.3 Å². The Morgan fingerprint density at radius 3 is 2.80 bits per heavy atom. The molecule has 1 fully saturated rings. The number of hydrogen-bond donors (Lipinski definition) is 2. The van der Waals surface area contributed by atoms with Crippen LogP contribution in [0.2, 0.25) is 0 Å². The maximum absolute atomic E-state index is 12.1. The van der Waals surface area contributed by atoms with Crippen LogP contribution in [0.25, 0.3) is 22.3 Å². The average Bonchev–Trinajstić information content (AvgIpc) is 3.36. The van der Waals surface area contributed by atoms with Gasteiger partial charge in [-0.1, -0.05) is 30.3 Å². The van der Waals surface area contributed by atoms with Gasteiger partial charge in [0.15, 0.2) is 6.23 Å². The summed E-state index contributed by atoms with van der Waals surface area (Å²) in [6.07, 6.45) is 5.28. The van der Waals surface area contributed by atoms with Gasteiger partial charge in [0.25, 0.3) is 0 Å². The molecular formula is C30H35N5O5. The maximum Gasteiger partial charge on any atom is 0.407 e. The topological polar surface area (TPSA) is 121 Å². The molecule has 4 aromatic rings. The Morgan fingerprint density at radius 1 is 1.18 bits per heavy atom. The first-order valence-corrected chi connectivity index (χ1v) is 13.7. The molecular weight excluding hydrogens is 510 g/mol. The Morgan fingerprint density at radius 2 is 2.02 bits per heavy atom. The van der Waals surface area contributed by atoms with E-state index in [2.05, 4.69) is 15.3 Å². The van der Waals surface area contributed by atoms with Crippen molar-refractivity contribution in [2.24, 2.45) is 0 Å². The molecule has 1 aliphatic heterocycles. The molecule has 10 nitrogen and oxygen atoms in total. The SMILES string of the molecule is CC(O)c1cncc(-c2nn(C3CCCCO3)c3ccc(O[C@H](C)CCNC(=O)OCc4ccccc4)cc23)n1. The molecule has 0 spiro atoms. The Labute approximate surface area is 233 Å². The number of rotatable bonds is 10. The summed E-state index contributed by atoms with van der Waals surface area (Å²) in [6.45, 7) is 4.96. The maximum atomic E-state index is 12.1. The number of nitrogens with one attached hydrogen (secondary N) is 1. The minimum Gasteiger partial charge on any atom is -0.491 e. The monoisotopic (exact) mass is 545 g/mol. The van der Waals surface area contributed by atoms with Crippen LogP contribution in [0.1, 0.15) is 63.1 Å². The van der Waals surface area contributed by atoms with Crippen molar-refractivity contribution in [3.63, 3.8) is 0 Å². The fourth-order valence-corrected chi connectivity index (χ4v) is 4.66. The number of aromatic nitrogens is 4. The third kappa shape index (κ3) is 6.75. The van der Waals surface area contributed by atoms with Gasteiger partial charge in [0.1, 0.15) is 23.7 Å². The van der Waals surface area contributed by atoms with Gasteiger partial charge in [-0.2, -0.15) is 5.10 Å². The molecule has 2 unspecified atom stereocenters. The zero-order chi connectivity index (χ0) is 27.9. The van der Waals surface area contributed by atoms with Crippen LogP contribution in [0.5, 0.6) is 5.75 Å². The smallest absolute Gasteiger partial charge is 0.407 e. The summed E-state index contributed by atoms with van der Waals surface area (Å²) in [4.78, 5) is 20.9. The summed E-state index contributed by atoms with van der Waals surface area (Å²) < 4.78 is 19.4. The summed E-state index contributed by atoms with van der Waals surface area (Å²) >= 11 is 0. The summed E-state index contributed by atoms with van der Waals surface area (Å²) in [7, 11) is 0. The standard InChI is InChI=1S/C30H35N5O5/c1-20(13-14-32-30(37)39-19-22-8-4-3-5-9-22)40-23-11-12-27-24(16-23)29(26-18-31-17-25(33-26)21(2)36)34-35(27)28-10-6-7-15-38-28/h3-5,8-9,11-12,16-18,20-21,28,36H,6-7,10,13-15,19H2,1-2H3,(H,32,37)/t20-,21?,28?/m1/s1. The number of aliphatic hydroxyl groups excluding tert-OH is 1. The van der Waals surface area contributed by atoms with Crippen LogP contribution in [0.3, 0.4) is 0 Å². The lowest BCUT2D eigenvalue weighted by Crippen LogP contribution is -2.28. The fourth-order valence-electron chi connectivity index (χ4n) is 4.66. The third-order valence-electron chi connectivity index (χ3n) is 6.80. The summed E-state index contributed by atoms with van der Waals surface area (Å²) in [6, 6.07) is 15.4. The predicted molar refractivity (Wildman–Crippen MR) is 150 cm³/mol. The second-order valence-electron chi connectivity index (χ2n) is 10.0. The first-order valence-electron chi connectivity index (χ1n) is 13.7. The molecule has 1 amide bonds. The van der Waals surface area contributed by atoms with E-state index in [-0.39, 0.29) is 18.9 Å². The van der Waals surface area contributed by atoms with E-state index in [4.69, 9.17) is 19.3 Å². The number of fused-ring (bicyclic) bond motifs is 1. The van der Waals surface area contributed by atoms with Crippen LogP contribution >= 0.6 is 0 Å². The van der Waals surface area contributed by atoms with Crippen LogP contribution in [0, 0.1) is 0 Å². The molecule has 0 saturated carbocycles. The predicted octanol–water partition coefficient (Wildman–Crippen LogP) is 5.33. The highest BCUT2D eigenvalue weighted by atomic mass is 16.5. The molecule has 40 heavy (non-hydrogen) atoms.